The summed E-state index contributed by atoms with van der Waals surface area (Å²) in [5.41, 5.74) is 0.960. The zero-order chi connectivity index (χ0) is 15.1. The van der Waals surface area contributed by atoms with Gasteiger partial charge < -0.3 is 10.1 Å². The van der Waals surface area contributed by atoms with Crippen LogP contribution in [0.25, 0.3) is 0 Å². The molecule has 21 heavy (non-hydrogen) atoms. The van der Waals surface area contributed by atoms with Crippen LogP contribution in [0.3, 0.4) is 0 Å². The third kappa shape index (κ3) is 4.41. The molecule has 0 saturated heterocycles. The summed E-state index contributed by atoms with van der Waals surface area (Å²) >= 11 is 0. The van der Waals surface area contributed by atoms with Crippen LogP contribution in [0.1, 0.15) is 29.3 Å². The molecule has 0 spiro atoms. The predicted molar refractivity (Wildman–Crippen MR) is 77.0 cm³/mol. The van der Waals surface area contributed by atoms with E-state index in [0.717, 1.165) is 12.0 Å². The van der Waals surface area contributed by atoms with Crippen LogP contribution in [0.15, 0.2) is 35.3 Å². The van der Waals surface area contributed by atoms with Gasteiger partial charge in [0.05, 0.1) is 18.4 Å². The monoisotopic (exact) mass is 288 g/mol. The van der Waals surface area contributed by atoms with Crippen LogP contribution in [0.2, 0.25) is 0 Å². The molecule has 2 aromatic rings. The number of nitrogens with one attached hydrogen (secondary N) is 2. The molecule has 0 unspecified atom stereocenters. The highest BCUT2D eigenvalue weighted by molar-refractivity contribution is 5.89. The second-order valence-corrected chi connectivity index (χ2v) is 4.36. The molecule has 7 heteroatoms. The summed E-state index contributed by atoms with van der Waals surface area (Å²) in [6.45, 7) is 2.84. The van der Waals surface area contributed by atoms with Crippen LogP contribution in [0, 0.1) is 0 Å². The Kier molecular flexibility index (Phi) is 5.03. The van der Waals surface area contributed by atoms with Crippen molar-refractivity contribution in [1.82, 2.24) is 15.2 Å². The molecule has 1 aromatic heterocycles. The van der Waals surface area contributed by atoms with E-state index in [4.69, 9.17) is 4.74 Å². The molecule has 0 radical (unpaired) electrons. The summed E-state index contributed by atoms with van der Waals surface area (Å²) in [5.74, 6) is 0.0713. The van der Waals surface area contributed by atoms with Crippen molar-refractivity contribution >= 4 is 11.8 Å². The fourth-order valence-corrected chi connectivity index (χ4v) is 1.63. The SMILES string of the molecule is CCCOC(=O)c1ccc(CNc2cn[nH]c(=O)n2)cc1. The number of hydrogen-bond acceptors (Lipinski definition) is 6. The van der Waals surface area contributed by atoms with Gasteiger partial charge in [0.25, 0.3) is 0 Å². The predicted octanol–water partition coefficient (Wildman–Crippen LogP) is 1.34. The van der Waals surface area contributed by atoms with Crippen molar-refractivity contribution < 1.29 is 9.53 Å². The number of rotatable bonds is 6. The number of aromatic nitrogens is 3. The number of ether oxygens (including phenoxy) is 1. The molecule has 0 amide bonds. The van der Waals surface area contributed by atoms with Gasteiger partial charge in [0, 0.05) is 6.54 Å². The van der Waals surface area contributed by atoms with Crippen molar-refractivity contribution in [1.29, 1.82) is 0 Å². The zero-order valence-electron chi connectivity index (χ0n) is 11.6. The van der Waals surface area contributed by atoms with E-state index in [1.165, 1.54) is 6.20 Å². The molecule has 0 bridgehead atoms. The van der Waals surface area contributed by atoms with E-state index >= 15 is 0 Å². The van der Waals surface area contributed by atoms with E-state index < -0.39 is 5.69 Å². The topological polar surface area (TPSA) is 97.0 Å². The minimum atomic E-state index is -0.506. The van der Waals surface area contributed by atoms with E-state index in [1.807, 2.05) is 19.1 Å². The van der Waals surface area contributed by atoms with Gasteiger partial charge in [-0.2, -0.15) is 10.1 Å². The molecule has 0 aliphatic carbocycles. The Morgan fingerprint density at radius 1 is 1.33 bits per heavy atom. The molecular formula is C14H16N4O3. The average Bonchev–Trinajstić information content (AvgIpc) is 2.51. The van der Waals surface area contributed by atoms with E-state index in [-0.39, 0.29) is 5.97 Å². The van der Waals surface area contributed by atoms with Gasteiger partial charge in [0.1, 0.15) is 0 Å². The van der Waals surface area contributed by atoms with Gasteiger partial charge in [-0.25, -0.2) is 14.7 Å². The average molecular weight is 288 g/mol. The number of benzene rings is 1. The third-order valence-electron chi connectivity index (χ3n) is 2.67. The lowest BCUT2D eigenvalue weighted by Gasteiger charge is -2.06. The van der Waals surface area contributed by atoms with Gasteiger partial charge in [-0.1, -0.05) is 19.1 Å². The molecule has 7 nitrogen and oxygen atoms in total. The Morgan fingerprint density at radius 3 is 2.76 bits per heavy atom. The number of aromatic amines is 1. The Balaban J connectivity index is 1.93. The van der Waals surface area contributed by atoms with Crippen LogP contribution >= 0.6 is 0 Å². The summed E-state index contributed by atoms with van der Waals surface area (Å²) in [7, 11) is 0. The Bertz CT molecular complexity index is 652. The van der Waals surface area contributed by atoms with E-state index in [1.54, 1.807) is 12.1 Å². The van der Waals surface area contributed by atoms with Crippen LogP contribution in [0.5, 0.6) is 0 Å². The number of esters is 1. The van der Waals surface area contributed by atoms with Crippen molar-refractivity contribution in [3.63, 3.8) is 0 Å². The molecule has 0 atom stereocenters. The normalized spacial score (nSPS) is 10.1. The summed E-state index contributed by atoms with van der Waals surface area (Å²) in [4.78, 5) is 26.3. The molecule has 0 fully saturated rings. The van der Waals surface area contributed by atoms with Crippen molar-refractivity contribution in [3.8, 4) is 0 Å². The molecule has 0 saturated carbocycles. The first-order valence-corrected chi connectivity index (χ1v) is 6.60. The fraction of sp³-hybridized carbons (Fsp3) is 0.286. The maximum atomic E-state index is 11.6. The molecular weight excluding hydrogens is 272 g/mol. The first-order valence-electron chi connectivity index (χ1n) is 6.60. The Morgan fingerprint density at radius 2 is 2.10 bits per heavy atom. The molecule has 2 N–H and O–H groups in total. The lowest BCUT2D eigenvalue weighted by molar-refractivity contribution is 0.0505. The lowest BCUT2D eigenvalue weighted by atomic mass is 10.1. The summed E-state index contributed by atoms with van der Waals surface area (Å²) in [5, 5.41) is 8.81. The number of hydrogen-bond donors (Lipinski definition) is 2. The number of nitrogens with zero attached hydrogens (tertiary/aromatic N) is 2. The minimum absolute atomic E-state index is 0.322. The van der Waals surface area contributed by atoms with Crippen LogP contribution in [-0.4, -0.2) is 27.8 Å². The van der Waals surface area contributed by atoms with Gasteiger partial charge in [0.15, 0.2) is 5.82 Å². The standard InChI is InChI=1S/C14H16N4O3/c1-2-7-21-13(19)11-5-3-10(4-6-11)8-15-12-9-16-18-14(20)17-12/h3-6,9H,2,7-8H2,1H3,(H2,15,17,18,20). The van der Waals surface area contributed by atoms with Crippen LogP contribution in [0.4, 0.5) is 5.82 Å². The summed E-state index contributed by atoms with van der Waals surface area (Å²) in [6.07, 6.45) is 2.23. The van der Waals surface area contributed by atoms with Crippen molar-refractivity contribution in [2.75, 3.05) is 11.9 Å². The third-order valence-corrected chi connectivity index (χ3v) is 2.67. The van der Waals surface area contributed by atoms with E-state index in [0.29, 0.717) is 24.5 Å². The van der Waals surface area contributed by atoms with Gasteiger partial charge >= 0.3 is 11.7 Å². The lowest BCUT2D eigenvalue weighted by Crippen LogP contribution is -2.14. The molecule has 2 rings (SSSR count). The van der Waals surface area contributed by atoms with Gasteiger partial charge in [-0.3, -0.25) is 0 Å². The number of carbonyl (C=O) groups is 1. The van der Waals surface area contributed by atoms with Gasteiger partial charge in [-0.15, -0.1) is 0 Å². The van der Waals surface area contributed by atoms with Gasteiger partial charge in [-0.05, 0) is 24.1 Å². The smallest absolute Gasteiger partial charge is 0.363 e. The molecule has 110 valence electrons. The maximum Gasteiger partial charge on any atom is 0.363 e. The van der Waals surface area contributed by atoms with Gasteiger partial charge in [0.2, 0.25) is 0 Å². The molecule has 0 aliphatic rings. The number of anilines is 1. The maximum absolute atomic E-state index is 11.6. The Hall–Kier alpha value is -2.70. The quantitative estimate of drug-likeness (QED) is 0.779. The summed E-state index contributed by atoms with van der Waals surface area (Å²) in [6, 6.07) is 7.04. The summed E-state index contributed by atoms with van der Waals surface area (Å²) < 4.78 is 5.05. The largest absolute Gasteiger partial charge is 0.462 e. The zero-order valence-corrected chi connectivity index (χ0v) is 11.6. The number of H-pyrrole nitrogens is 1. The molecule has 0 aliphatic heterocycles. The van der Waals surface area contributed by atoms with E-state index in [9.17, 15) is 9.59 Å². The van der Waals surface area contributed by atoms with Crippen LogP contribution in [-0.2, 0) is 11.3 Å². The highest BCUT2D eigenvalue weighted by atomic mass is 16.5. The minimum Gasteiger partial charge on any atom is -0.462 e. The van der Waals surface area contributed by atoms with Crippen molar-refractivity contribution in [2.45, 2.75) is 19.9 Å². The van der Waals surface area contributed by atoms with Crippen LogP contribution < -0.4 is 11.0 Å². The number of carbonyl (C=O) groups excluding carboxylic acids is 1. The molecule has 1 aromatic carbocycles. The van der Waals surface area contributed by atoms with E-state index in [2.05, 4.69) is 20.5 Å². The first-order chi connectivity index (χ1) is 10.2. The Labute approximate surface area is 121 Å². The molecule has 1 heterocycles. The fourth-order valence-electron chi connectivity index (χ4n) is 1.63. The van der Waals surface area contributed by atoms with Crippen molar-refractivity contribution in [2.24, 2.45) is 0 Å². The second-order valence-electron chi connectivity index (χ2n) is 4.36. The first kappa shape index (κ1) is 14.7. The highest BCUT2D eigenvalue weighted by Gasteiger charge is 2.06. The van der Waals surface area contributed by atoms with Crippen molar-refractivity contribution in [3.05, 3.63) is 52.1 Å². The highest BCUT2D eigenvalue weighted by Crippen LogP contribution is 2.08. The second kappa shape index (κ2) is 7.18.